The highest BCUT2D eigenvalue weighted by Gasteiger charge is 2.24. The van der Waals surface area contributed by atoms with Crippen molar-refractivity contribution < 1.29 is 14.6 Å². The molecule has 1 aromatic carbocycles. The van der Waals surface area contributed by atoms with E-state index in [1.807, 2.05) is 17.6 Å². The van der Waals surface area contributed by atoms with Gasteiger partial charge in [0, 0.05) is 23.9 Å². The van der Waals surface area contributed by atoms with Crippen LogP contribution in [0.1, 0.15) is 35.8 Å². The van der Waals surface area contributed by atoms with Gasteiger partial charge in [0.2, 0.25) is 0 Å². The summed E-state index contributed by atoms with van der Waals surface area (Å²) in [5.74, 6) is -0.446. The van der Waals surface area contributed by atoms with Gasteiger partial charge in [-0.3, -0.25) is 4.79 Å². The van der Waals surface area contributed by atoms with Crippen LogP contribution >= 0.6 is 0 Å². The lowest BCUT2D eigenvalue weighted by Gasteiger charge is -2.28. The first kappa shape index (κ1) is 14.4. The molecule has 0 bridgehead atoms. The zero-order valence-electron chi connectivity index (χ0n) is 12.5. The van der Waals surface area contributed by atoms with Crippen molar-refractivity contribution in [2.75, 3.05) is 6.61 Å². The number of rotatable bonds is 2. The second kappa shape index (κ2) is 5.33. The Balaban J connectivity index is 2.20. The van der Waals surface area contributed by atoms with Crippen LogP contribution in [0.15, 0.2) is 35.3 Å². The molecule has 0 aliphatic carbocycles. The number of pyridine rings is 1. The highest BCUT2D eigenvalue weighted by molar-refractivity contribution is 5.89. The van der Waals surface area contributed by atoms with Crippen LogP contribution in [-0.4, -0.2) is 22.2 Å². The third-order valence-electron chi connectivity index (χ3n) is 3.93. The molecule has 3 rings (SSSR count). The first-order chi connectivity index (χ1) is 10.5. The maximum Gasteiger partial charge on any atom is 0.343 e. The molecule has 2 aromatic rings. The monoisotopic (exact) mass is 299 g/mol. The van der Waals surface area contributed by atoms with E-state index in [9.17, 15) is 14.7 Å². The molecule has 114 valence electrons. The molecule has 5 heteroatoms. The van der Waals surface area contributed by atoms with Crippen LogP contribution in [0.4, 0.5) is 0 Å². The largest absolute Gasteiger partial charge is 0.508 e. The Labute approximate surface area is 127 Å². The average Bonchev–Trinajstić information content (AvgIpc) is 2.48. The van der Waals surface area contributed by atoms with Gasteiger partial charge in [-0.2, -0.15) is 0 Å². The predicted octanol–water partition coefficient (Wildman–Crippen LogP) is 2.51. The van der Waals surface area contributed by atoms with Crippen molar-refractivity contribution in [3.05, 3.63) is 51.8 Å². The number of benzene rings is 1. The van der Waals surface area contributed by atoms with Crippen LogP contribution in [0.2, 0.25) is 0 Å². The fourth-order valence-corrected chi connectivity index (χ4v) is 2.89. The lowest BCUT2D eigenvalue weighted by molar-refractivity contribution is 0.0523. The van der Waals surface area contributed by atoms with Crippen molar-refractivity contribution in [2.24, 2.45) is 0 Å². The molecule has 1 atom stereocenters. The summed E-state index contributed by atoms with van der Waals surface area (Å²) >= 11 is 0. The maximum absolute atomic E-state index is 12.2. The molecule has 1 unspecified atom stereocenters. The van der Waals surface area contributed by atoms with Crippen LogP contribution in [0.3, 0.4) is 0 Å². The molecule has 5 nitrogen and oxygen atoms in total. The van der Waals surface area contributed by atoms with Gasteiger partial charge in [0.15, 0.2) is 5.43 Å². The molecule has 0 fully saturated rings. The first-order valence-corrected chi connectivity index (χ1v) is 7.26. The molecule has 1 N–H and O–H groups in total. The number of aromatic nitrogens is 1. The number of phenols is 1. The van der Waals surface area contributed by atoms with Gasteiger partial charge in [-0.25, -0.2) is 4.79 Å². The molecule has 1 aromatic heterocycles. The maximum atomic E-state index is 12.2. The number of nitrogens with zero attached hydrogens (tertiary/aromatic N) is 1. The molecule has 1 aliphatic rings. The minimum Gasteiger partial charge on any atom is -0.508 e. The Hall–Kier alpha value is -2.56. The zero-order valence-corrected chi connectivity index (χ0v) is 12.5. The van der Waals surface area contributed by atoms with Gasteiger partial charge >= 0.3 is 5.97 Å². The number of hydrogen-bond donors (Lipinski definition) is 1. The molecular formula is C17H17NO4. The number of fused-ring (bicyclic) bond motifs is 3. The van der Waals surface area contributed by atoms with Crippen molar-refractivity contribution in [1.82, 2.24) is 4.57 Å². The summed E-state index contributed by atoms with van der Waals surface area (Å²) in [7, 11) is 0. The third-order valence-corrected chi connectivity index (χ3v) is 3.93. The summed E-state index contributed by atoms with van der Waals surface area (Å²) in [6, 6.07) is 6.72. The number of hydrogen-bond acceptors (Lipinski definition) is 4. The number of carbonyl (C=O) groups is 1. The van der Waals surface area contributed by atoms with Crippen LogP contribution in [-0.2, 0) is 11.2 Å². The average molecular weight is 299 g/mol. The zero-order chi connectivity index (χ0) is 15.9. The normalized spacial score (nSPS) is 15.8. The van der Waals surface area contributed by atoms with Crippen LogP contribution in [0.5, 0.6) is 5.75 Å². The van der Waals surface area contributed by atoms with Crippen molar-refractivity contribution in [1.29, 1.82) is 0 Å². The molecular weight excluding hydrogens is 282 g/mol. The van der Waals surface area contributed by atoms with Gasteiger partial charge in [-0.05, 0) is 38.0 Å². The molecule has 0 spiro atoms. The molecule has 0 saturated carbocycles. The molecule has 1 aliphatic heterocycles. The summed E-state index contributed by atoms with van der Waals surface area (Å²) in [4.78, 5) is 24.1. The number of carbonyl (C=O) groups excluding carboxylic acids is 1. The highest BCUT2D eigenvalue weighted by Crippen LogP contribution is 2.35. The Morgan fingerprint density at radius 3 is 2.91 bits per heavy atom. The number of aromatic hydroxyl groups is 1. The SMILES string of the molecule is CCOC(=O)c1cn2c(cc1=O)-c1cc(O)ccc1CC2C. The Morgan fingerprint density at radius 2 is 2.18 bits per heavy atom. The molecule has 0 saturated heterocycles. The van der Waals surface area contributed by atoms with Crippen molar-refractivity contribution in [3.8, 4) is 17.0 Å². The predicted molar refractivity (Wildman–Crippen MR) is 82.2 cm³/mol. The molecule has 0 radical (unpaired) electrons. The van der Waals surface area contributed by atoms with Gasteiger partial charge < -0.3 is 14.4 Å². The number of ether oxygens (including phenoxy) is 1. The van der Waals surface area contributed by atoms with Gasteiger partial charge in [0.05, 0.1) is 12.3 Å². The first-order valence-electron chi connectivity index (χ1n) is 7.26. The Morgan fingerprint density at radius 1 is 1.41 bits per heavy atom. The van der Waals surface area contributed by atoms with Crippen LogP contribution in [0, 0.1) is 0 Å². The van der Waals surface area contributed by atoms with Crippen molar-refractivity contribution in [3.63, 3.8) is 0 Å². The van der Waals surface area contributed by atoms with E-state index in [1.165, 1.54) is 6.07 Å². The van der Waals surface area contributed by atoms with E-state index < -0.39 is 5.97 Å². The highest BCUT2D eigenvalue weighted by atomic mass is 16.5. The molecule has 2 heterocycles. The minimum absolute atomic E-state index is 0.0426. The van der Waals surface area contributed by atoms with E-state index in [2.05, 4.69) is 0 Å². The van der Waals surface area contributed by atoms with Gasteiger partial charge in [0.25, 0.3) is 0 Å². The van der Waals surface area contributed by atoms with E-state index in [1.54, 1.807) is 25.3 Å². The van der Waals surface area contributed by atoms with Gasteiger partial charge in [-0.1, -0.05) is 6.07 Å². The fraction of sp³-hybridized carbons (Fsp3) is 0.294. The number of phenolic OH excluding ortho intramolecular Hbond substituents is 1. The van der Waals surface area contributed by atoms with Gasteiger partial charge in [0.1, 0.15) is 11.3 Å². The van der Waals surface area contributed by atoms with Crippen LogP contribution < -0.4 is 5.43 Å². The molecule has 22 heavy (non-hydrogen) atoms. The fourth-order valence-electron chi connectivity index (χ4n) is 2.89. The van der Waals surface area contributed by atoms with Gasteiger partial charge in [-0.15, -0.1) is 0 Å². The summed E-state index contributed by atoms with van der Waals surface area (Å²) in [5, 5.41) is 9.70. The van der Waals surface area contributed by atoms with E-state index in [-0.39, 0.29) is 29.4 Å². The lowest BCUT2D eigenvalue weighted by Crippen LogP contribution is -2.25. The van der Waals surface area contributed by atoms with Crippen molar-refractivity contribution >= 4 is 5.97 Å². The van der Waals surface area contributed by atoms with E-state index >= 15 is 0 Å². The topological polar surface area (TPSA) is 68.5 Å². The standard InChI is InChI=1S/C17H17NO4/c1-3-22-17(21)14-9-18-10(2)6-11-4-5-12(19)7-13(11)15(18)8-16(14)20/h4-5,7-10,19H,3,6H2,1-2H3. The number of esters is 1. The Bertz CT molecular complexity index is 807. The third kappa shape index (κ3) is 2.28. The Kier molecular flexibility index (Phi) is 3.48. The minimum atomic E-state index is -0.600. The second-order valence-corrected chi connectivity index (χ2v) is 5.46. The second-order valence-electron chi connectivity index (χ2n) is 5.46. The molecule has 0 amide bonds. The van der Waals surface area contributed by atoms with Crippen molar-refractivity contribution in [2.45, 2.75) is 26.3 Å². The quantitative estimate of drug-likeness (QED) is 0.865. The van der Waals surface area contributed by atoms with E-state index in [4.69, 9.17) is 4.74 Å². The van der Waals surface area contributed by atoms with Crippen LogP contribution in [0.25, 0.3) is 11.3 Å². The van der Waals surface area contributed by atoms with E-state index in [0.717, 1.165) is 17.5 Å². The summed E-state index contributed by atoms with van der Waals surface area (Å²) < 4.78 is 6.83. The lowest BCUT2D eigenvalue weighted by atomic mass is 9.92. The summed E-state index contributed by atoms with van der Waals surface area (Å²) in [5.41, 5.74) is 2.29. The summed E-state index contributed by atoms with van der Waals surface area (Å²) in [6.07, 6.45) is 2.33. The smallest absolute Gasteiger partial charge is 0.343 e. The van der Waals surface area contributed by atoms with E-state index in [0.29, 0.717) is 5.69 Å². The summed E-state index contributed by atoms with van der Waals surface area (Å²) in [6.45, 7) is 3.96.